The topological polar surface area (TPSA) is 75.0 Å². The van der Waals surface area contributed by atoms with Gasteiger partial charge in [-0.15, -0.1) is 0 Å². The maximum Gasteiger partial charge on any atom is 0.341 e. The van der Waals surface area contributed by atoms with Gasteiger partial charge in [-0.1, -0.05) is 0 Å². The average Bonchev–Trinajstić information content (AvgIpc) is 2.60. The molecule has 1 aromatic carbocycles. The van der Waals surface area contributed by atoms with Crippen molar-refractivity contribution in [1.82, 2.24) is 9.47 Å². The number of ether oxygens (including phenoxy) is 1. The van der Waals surface area contributed by atoms with E-state index >= 15 is 0 Å². The Morgan fingerprint density at radius 1 is 1.31 bits per heavy atom. The number of anilines is 1. The van der Waals surface area contributed by atoms with Crippen LogP contribution in [0.15, 0.2) is 17.1 Å². The van der Waals surface area contributed by atoms with Crippen LogP contribution in [0.25, 0.3) is 10.9 Å². The van der Waals surface area contributed by atoms with Crippen LogP contribution in [0.5, 0.6) is 5.75 Å². The molecule has 1 N–H and O–H groups in total. The van der Waals surface area contributed by atoms with E-state index in [-0.39, 0.29) is 23.6 Å². The molecule has 0 amide bonds. The van der Waals surface area contributed by atoms with Crippen LogP contribution in [0, 0.1) is 5.82 Å². The minimum Gasteiger partial charge on any atom is -0.487 e. The molecule has 2 aliphatic heterocycles. The smallest absolute Gasteiger partial charge is 0.341 e. The predicted molar refractivity (Wildman–Crippen MR) is 95.0 cm³/mol. The van der Waals surface area contributed by atoms with Gasteiger partial charge in [0.25, 0.3) is 0 Å². The molecule has 7 nitrogen and oxygen atoms in total. The summed E-state index contributed by atoms with van der Waals surface area (Å²) in [5, 5.41) is 9.36. The summed E-state index contributed by atoms with van der Waals surface area (Å²) in [4.78, 5) is 28.1. The number of nitrogens with zero attached hydrogens (tertiary/aromatic N) is 3. The summed E-state index contributed by atoms with van der Waals surface area (Å²) in [7, 11) is 2.02. The van der Waals surface area contributed by atoms with E-state index in [2.05, 4.69) is 4.90 Å². The quantitative estimate of drug-likeness (QED) is 0.876. The number of piperazine rings is 1. The molecule has 0 unspecified atom stereocenters. The van der Waals surface area contributed by atoms with Gasteiger partial charge in [0.2, 0.25) is 5.43 Å². The first-order chi connectivity index (χ1) is 12.4. The predicted octanol–water partition coefficient (Wildman–Crippen LogP) is 1.54. The number of carboxylic acid groups (broad SMARTS) is 1. The first-order valence-electron chi connectivity index (χ1n) is 8.59. The third-order valence-electron chi connectivity index (χ3n) is 5.19. The second kappa shape index (κ2) is 5.98. The molecule has 1 saturated heterocycles. The fraction of sp³-hybridized carbons (Fsp3) is 0.444. The minimum absolute atomic E-state index is 0.0434. The van der Waals surface area contributed by atoms with Gasteiger partial charge in [-0.2, -0.15) is 0 Å². The third kappa shape index (κ3) is 2.44. The summed E-state index contributed by atoms with van der Waals surface area (Å²) >= 11 is 0. The lowest BCUT2D eigenvalue weighted by atomic mass is 10.1. The van der Waals surface area contributed by atoms with E-state index in [1.165, 1.54) is 6.20 Å². The Kier molecular flexibility index (Phi) is 3.87. The number of carboxylic acids is 1. The highest BCUT2D eigenvalue weighted by Gasteiger charge is 2.30. The Balaban J connectivity index is 2.00. The van der Waals surface area contributed by atoms with E-state index in [4.69, 9.17) is 4.74 Å². The molecule has 3 heterocycles. The number of halogens is 1. The van der Waals surface area contributed by atoms with Crippen LogP contribution in [0.4, 0.5) is 10.1 Å². The first-order valence-corrected chi connectivity index (χ1v) is 8.59. The van der Waals surface area contributed by atoms with Gasteiger partial charge in [-0.05, 0) is 20.0 Å². The van der Waals surface area contributed by atoms with Crippen molar-refractivity contribution >= 4 is 22.6 Å². The Morgan fingerprint density at radius 3 is 2.65 bits per heavy atom. The number of rotatable bonds is 2. The summed E-state index contributed by atoms with van der Waals surface area (Å²) in [5.41, 5.74) is -0.224. The van der Waals surface area contributed by atoms with Crippen LogP contribution in [-0.4, -0.2) is 60.4 Å². The number of hydrogen-bond donors (Lipinski definition) is 1. The van der Waals surface area contributed by atoms with Gasteiger partial charge in [0, 0.05) is 32.4 Å². The van der Waals surface area contributed by atoms with E-state index in [0.29, 0.717) is 30.0 Å². The molecule has 1 fully saturated rings. The van der Waals surface area contributed by atoms with Crippen molar-refractivity contribution in [2.45, 2.75) is 13.0 Å². The first kappa shape index (κ1) is 16.8. The Hall–Kier alpha value is -2.61. The van der Waals surface area contributed by atoms with Crippen molar-refractivity contribution in [3.63, 3.8) is 0 Å². The van der Waals surface area contributed by atoms with Crippen molar-refractivity contribution in [3.8, 4) is 5.75 Å². The lowest BCUT2D eigenvalue weighted by molar-refractivity contribution is 0.0694. The third-order valence-corrected chi connectivity index (χ3v) is 5.19. The highest BCUT2D eigenvalue weighted by molar-refractivity contribution is 5.97. The summed E-state index contributed by atoms with van der Waals surface area (Å²) in [6, 6.07) is 0.994. The zero-order chi connectivity index (χ0) is 18.6. The zero-order valence-corrected chi connectivity index (χ0v) is 14.7. The minimum atomic E-state index is -1.32. The fourth-order valence-electron chi connectivity index (χ4n) is 3.69. The number of likely N-dealkylation sites (N-methyl/N-ethyl adjacent to an activating group) is 1. The van der Waals surface area contributed by atoms with Crippen LogP contribution in [0.2, 0.25) is 0 Å². The number of benzene rings is 1. The molecule has 0 saturated carbocycles. The highest BCUT2D eigenvalue weighted by atomic mass is 19.1. The number of pyridine rings is 1. The van der Waals surface area contributed by atoms with Crippen LogP contribution in [0.3, 0.4) is 0 Å². The zero-order valence-electron chi connectivity index (χ0n) is 14.7. The van der Waals surface area contributed by atoms with Crippen molar-refractivity contribution in [3.05, 3.63) is 33.9 Å². The van der Waals surface area contributed by atoms with E-state index in [1.807, 2.05) is 18.9 Å². The molecule has 1 atom stereocenters. The second-order valence-electron chi connectivity index (χ2n) is 6.97. The van der Waals surface area contributed by atoms with E-state index in [1.54, 1.807) is 4.57 Å². The van der Waals surface area contributed by atoms with E-state index in [9.17, 15) is 19.1 Å². The normalized spacial score (nSPS) is 20.3. The average molecular weight is 360 g/mol. The maximum atomic E-state index is 15.0. The molecule has 0 bridgehead atoms. The van der Waals surface area contributed by atoms with Gasteiger partial charge in [0.15, 0.2) is 11.6 Å². The van der Waals surface area contributed by atoms with Crippen LogP contribution in [-0.2, 0) is 0 Å². The number of carbonyl (C=O) groups is 1. The largest absolute Gasteiger partial charge is 0.487 e. The second-order valence-corrected chi connectivity index (χ2v) is 6.97. The maximum absolute atomic E-state index is 15.0. The monoisotopic (exact) mass is 360 g/mol. The molecule has 2 aromatic rings. The summed E-state index contributed by atoms with van der Waals surface area (Å²) in [6.45, 7) is 5.08. The lowest BCUT2D eigenvalue weighted by Crippen LogP contribution is -2.45. The van der Waals surface area contributed by atoms with Gasteiger partial charge in [0.05, 0.1) is 16.9 Å². The molecule has 1 aromatic heterocycles. The molecule has 138 valence electrons. The number of hydrogen-bond acceptors (Lipinski definition) is 5. The molecule has 0 aliphatic carbocycles. The van der Waals surface area contributed by atoms with Gasteiger partial charge >= 0.3 is 5.97 Å². The molecule has 8 heteroatoms. The molecule has 2 aliphatic rings. The van der Waals surface area contributed by atoms with Crippen molar-refractivity contribution in [1.29, 1.82) is 0 Å². The van der Waals surface area contributed by atoms with E-state index < -0.39 is 17.2 Å². The molecule has 0 spiro atoms. The van der Waals surface area contributed by atoms with Crippen LogP contribution >= 0.6 is 0 Å². The SMILES string of the molecule is C[C@H]1COc2c(N3CCN([11CH3])CC3)c(F)cc3c(=O)c(C(=O)O)cn1c23. The number of aromatic carboxylic acids is 1. The molecular weight excluding hydrogens is 340 g/mol. The Bertz CT molecular complexity index is 963. The Labute approximate surface area is 149 Å². The molecule has 0 radical (unpaired) electrons. The van der Waals surface area contributed by atoms with E-state index in [0.717, 1.165) is 19.2 Å². The lowest BCUT2D eigenvalue weighted by Gasteiger charge is -2.37. The highest BCUT2D eigenvalue weighted by Crippen LogP contribution is 2.42. The van der Waals surface area contributed by atoms with Crippen molar-refractivity contribution < 1.29 is 19.0 Å². The fourth-order valence-corrected chi connectivity index (χ4v) is 3.69. The van der Waals surface area contributed by atoms with Crippen molar-refractivity contribution in [2.24, 2.45) is 0 Å². The standard InChI is InChI=1S/C18H20FN3O4/c1-10-9-26-17-14-11(16(23)12(18(24)25)8-22(10)14)7-13(19)15(17)21-5-3-20(2)4-6-21/h7-8,10H,3-6,9H2,1-2H3,(H,24,25)/t10-/m0/s1/i2-1. The van der Waals surface area contributed by atoms with Gasteiger partial charge in [-0.25, -0.2) is 9.18 Å². The summed E-state index contributed by atoms with van der Waals surface area (Å²) in [6.07, 6.45) is 1.34. The molecule has 26 heavy (non-hydrogen) atoms. The number of aromatic nitrogens is 1. The van der Waals surface area contributed by atoms with Gasteiger partial charge in [-0.3, -0.25) is 4.79 Å². The van der Waals surface area contributed by atoms with Gasteiger partial charge < -0.3 is 24.2 Å². The van der Waals surface area contributed by atoms with Crippen LogP contribution < -0.4 is 15.1 Å². The summed E-state index contributed by atoms with van der Waals surface area (Å²) in [5.74, 6) is -1.54. The van der Waals surface area contributed by atoms with Crippen LogP contribution in [0.1, 0.15) is 23.3 Å². The molecule has 4 rings (SSSR count). The molecular formula is C18H20FN3O4. The Morgan fingerprint density at radius 2 is 2.00 bits per heavy atom. The van der Waals surface area contributed by atoms with Gasteiger partial charge in [0.1, 0.15) is 17.9 Å². The summed E-state index contributed by atoms with van der Waals surface area (Å²) < 4.78 is 22.6. The van der Waals surface area contributed by atoms with Crippen molar-refractivity contribution in [2.75, 3.05) is 44.7 Å².